The van der Waals surface area contributed by atoms with Crippen LogP contribution in [0, 0.1) is 13.8 Å². The Kier molecular flexibility index (Phi) is 3.62. The van der Waals surface area contributed by atoms with Gasteiger partial charge in [-0.3, -0.25) is 0 Å². The number of aromatic nitrogens is 2. The third kappa shape index (κ3) is 3.39. The summed E-state index contributed by atoms with van der Waals surface area (Å²) in [5.41, 5.74) is 1.94. The highest BCUT2D eigenvalue weighted by Crippen LogP contribution is 2.19. The van der Waals surface area contributed by atoms with Gasteiger partial charge in [-0.25, -0.2) is 0 Å². The molecule has 1 rings (SSSR count). The molecule has 0 fully saturated rings. The van der Waals surface area contributed by atoms with Gasteiger partial charge in [0.15, 0.2) is 5.15 Å². The third-order valence-corrected chi connectivity index (χ3v) is 3.12. The molecule has 0 saturated carbocycles. The number of hydrogen-bond acceptors (Lipinski definition) is 4. The second-order valence-corrected chi connectivity index (χ2v) is 5.02. The number of aryl methyl sites for hydroxylation is 1. The van der Waals surface area contributed by atoms with Crippen LogP contribution in [0.4, 0.5) is 3.89 Å². The van der Waals surface area contributed by atoms with Gasteiger partial charge in [-0.1, -0.05) is 11.6 Å². The fourth-order valence-corrected chi connectivity index (χ4v) is 1.86. The summed E-state index contributed by atoms with van der Waals surface area (Å²) < 4.78 is 33.1. The average molecular weight is 253 g/mol. The molecule has 0 atom stereocenters. The van der Waals surface area contributed by atoms with Crippen LogP contribution in [0.25, 0.3) is 0 Å². The van der Waals surface area contributed by atoms with Gasteiger partial charge < -0.3 is 0 Å². The van der Waals surface area contributed by atoms with E-state index in [1.165, 1.54) is 0 Å². The Morgan fingerprint density at radius 3 is 2.47 bits per heavy atom. The molecule has 0 aliphatic rings. The van der Waals surface area contributed by atoms with E-state index in [1.807, 2.05) is 0 Å². The minimum atomic E-state index is -4.48. The Balaban J connectivity index is 2.99. The average Bonchev–Trinajstić information content (AvgIpc) is 2.10. The Hall–Kier alpha value is -0.750. The standard InChI is InChI=1S/C8H10ClFN2O2S/c1-5-6(2)11-12-8(9)7(5)3-4-15(10,13)14/h3-4H2,1-2H3. The Labute approximate surface area is 92.7 Å². The summed E-state index contributed by atoms with van der Waals surface area (Å²) in [4.78, 5) is 0. The molecule has 0 saturated heterocycles. The van der Waals surface area contributed by atoms with Crippen LogP contribution >= 0.6 is 11.6 Å². The first kappa shape index (κ1) is 12.3. The van der Waals surface area contributed by atoms with Gasteiger partial charge in [0.25, 0.3) is 0 Å². The van der Waals surface area contributed by atoms with Gasteiger partial charge in [0.1, 0.15) is 0 Å². The minimum Gasteiger partial charge on any atom is -0.195 e. The molecular formula is C8H10ClFN2O2S. The highest BCUT2D eigenvalue weighted by Gasteiger charge is 2.13. The van der Waals surface area contributed by atoms with Crippen LogP contribution in [-0.2, 0) is 16.6 Å². The summed E-state index contributed by atoms with van der Waals surface area (Å²) in [5, 5.41) is 7.52. The molecule has 7 heteroatoms. The quantitative estimate of drug-likeness (QED) is 0.767. The smallest absolute Gasteiger partial charge is 0.195 e. The molecule has 1 aromatic rings. The molecular weight excluding hydrogens is 243 g/mol. The normalized spacial score (nSPS) is 11.7. The molecule has 0 aliphatic carbocycles. The minimum absolute atomic E-state index is 0.0137. The molecule has 1 heterocycles. The largest absolute Gasteiger partial charge is 0.302 e. The molecule has 0 radical (unpaired) electrons. The lowest BCUT2D eigenvalue weighted by atomic mass is 10.1. The van der Waals surface area contributed by atoms with Crippen LogP contribution in [0.15, 0.2) is 0 Å². The van der Waals surface area contributed by atoms with Crippen molar-refractivity contribution >= 4 is 21.8 Å². The summed E-state index contributed by atoms with van der Waals surface area (Å²) in [5.74, 6) is -0.585. The van der Waals surface area contributed by atoms with Crippen LogP contribution in [0.2, 0.25) is 5.15 Å². The number of halogens is 2. The predicted octanol–water partition coefficient (Wildman–Crippen LogP) is 1.59. The molecule has 4 nitrogen and oxygen atoms in total. The van der Waals surface area contributed by atoms with Gasteiger partial charge in [-0.2, -0.15) is 13.5 Å². The van der Waals surface area contributed by atoms with E-state index in [1.54, 1.807) is 13.8 Å². The molecule has 0 N–H and O–H groups in total. The Morgan fingerprint density at radius 2 is 1.93 bits per heavy atom. The predicted molar refractivity (Wildman–Crippen MR) is 55.1 cm³/mol. The van der Waals surface area contributed by atoms with E-state index in [4.69, 9.17) is 11.6 Å². The van der Waals surface area contributed by atoms with Crippen LogP contribution < -0.4 is 0 Å². The molecule has 0 spiro atoms. The lowest BCUT2D eigenvalue weighted by molar-refractivity contribution is 0.551. The number of rotatable bonds is 3. The lowest BCUT2D eigenvalue weighted by Gasteiger charge is -2.07. The summed E-state index contributed by atoms with van der Waals surface area (Å²) >= 11 is 5.74. The summed E-state index contributed by atoms with van der Waals surface area (Å²) in [6.07, 6.45) is 0.0137. The summed E-state index contributed by atoms with van der Waals surface area (Å²) in [7, 11) is -4.48. The van der Waals surface area contributed by atoms with Gasteiger partial charge in [0.2, 0.25) is 0 Å². The van der Waals surface area contributed by atoms with E-state index in [0.717, 1.165) is 5.56 Å². The van der Waals surface area contributed by atoms with E-state index in [-0.39, 0.29) is 11.6 Å². The molecule has 84 valence electrons. The van der Waals surface area contributed by atoms with Crippen molar-refractivity contribution in [2.24, 2.45) is 0 Å². The zero-order valence-corrected chi connectivity index (χ0v) is 9.86. The van der Waals surface area contributed by atoms with E-state index in [9.17, 15) is 12.3 Å². The molecule has 0 amide bonds. The van der Waals surface area contributed by atoms with Crippen LogP contribution in [0.1, 0.15) is 16.8 Å². The molecule has 15 heavy (non-hydrogen) atoms. The topological polar surface area (TPSA) is 59.9 Å². The van der Waals surface area contributed by atoms with E-state index < -0.39 is 16.0 Å². The number of nitrogens with zero attached hydrogens (tertiary/aromatic N) is 2. The van der Waals surface area contributed by atoms with E-state index in [2.05, 4.69) is 10.2 Å². The Morgan fingerprint density at radius 1 is 1.33 bits per heavy atom. The van der Waals surface area contributed by atoms with Crippen molar-refractivity contribution in [2.75, 3.05) is 5.75 Å². The fourth-order valence-electron chi connectivity index (χ4n) is 1.14. The monoisotopic (exact) mass is 252 g/mol. The van der Waals surface area contributed by atoms with Gasteiger partial charge in [0.05, 0.1) is 11.4 Å². The molecule has 0 unspecified atom stereocenters. The van der Waals surface area contributed by atoms with Crippen LogP contribution in [0.3, 0.4) is 0 Å². The van der Waals surface area contributed by atoms with Crippen LogP contribution in [-0.4, -0.2) is 24.4 Å². The van der Waals surface area contributed by atoms with Crippen molar-refractivity contribution in [2.45, 2.75) is 20.3 Å². The summed E-state index contributed by atoms with van der Waals surface area (Å²) in [6.45, 7) is 3.47. The van der Waals surface area contributed by atoms with Gasteiger partial charge in [-0.15, -0.1) is 8.98 Å². The number of hydrogen-bond donors (Lipinski definition) is 0. The maximum absolute atomic E-state index is 12.3. The van der Waals surface area contributed by atoms with Crippen LogP contribution in [0.5, 0.6) is 0 Å². The van der Waals surface area contributed by atoms with Crippen molar-refractivity contribution in [3.05, 3.63) is 22.0 Å². The highest BCUT2D eigenvalue weighted by molar-refractivity contribution is 7.86. The van der Waals surface area contributed by atoms with Gasteiger partial charge in [-0.05, 0) is 31.4 Å². The Bertz CT molecular complexity index is 476. The van der Waals surface area contributed by atoms with Crippen molar-refractivity contribution in [1.29, 1.82) is 0 Å². The SMILES string of the molecule is Cc1nnc(Cl)c(CCS(=O)(=O)F)c1C. The summed E-state index contributed by atoms with van der Waals surface area (Å²) in [6, 6.07) is 0. The van der Waals surface area contributed by atoms with Gasteiger partial charge >= 0.3 is 10.2 Å². The maximum atomic E-state index is 12.3. The molecule has 0 aliphatic heterocycles. The van der Waals surface area contributed by atoms with Crippen molar-refractivity contribution in [3.8, 4) is 0 Å². The fraction of sp³-hybridized carbons (Fsp3) is 0.500. The second-order valence-electron chi connectivity index (χ2n) is 3.17. The lowest BCUT2D eigenvalue weighted by Crippen LogP contribution is -2.07. The van der Waals surface area contributed by atoms with E-state index in [0.29, 0.717) is 11.3 Å². The zero-order valence-electron chi connectivity index (χ0n) is 8.29. The first-order valence-electron chi connectivity index (χ1n) is 4.22. The zero-order chi connectivity index (χ0) is 11.6. The first-order valence-corrected chi connectivity index (χ1v) is 6.15. The second kappa shape index (κ2) is 4.40. The van der Waals surface area contributed by atoms with Crippen molar-refractivity contribution in [3.63, 3.8) is 0 Å². The molecule has 0 aromatic carbocycles. The maximum Gasteiger partial charge on any atom is 0.302 e. The third-order valence-electron chi connectivity index (χ3n) is 2.13. The van der Waals surface area contributed by atoms with Crippen molar-refractivity contribution < 1.29 is 12.3 Å². The van der Waals surface area contributed by atoms with Gasteiger partial charge in [0, 0.05) is 0 Å². The molecule has 1 aromatic heterocycles. The first-order chi connectivity index (χ1) is 6.81. The molecule has 0 bridgehead atoms. The van der Waals surface area contributed by atoms with E-state index >= 15 is 0 Å². The van der Waals surface area contributed by atoms with Crippen molar-refractivity contribution in [1.82, 2.24) is 10.2 Å². The highest BCUT2D eigenvalue weighted by atomic mass is 35.5.